The van der Waals surface area contributed by atoms with Gasteiger partial charge in [0.05, 0.1) is 7.11 Å². The van der Waals surface area contributed by atoms with Gasteiger partial charge >= 0.3 is 0 Å². The van der Waals surface area contributed by atoms with Crippen LogP contribution in [0.4, 0.5) is 0 Å². The van der Waals surface area contributed by atoms with Crippen molar-refractivity contribution in [2.75, 3.05) is 7.11 Å². The standard InChI is InChI=1S/C16H20O2S/c1-18-13-5-2-4-11(8-13)16(17)12-9-14-6-3-7-15(10-12)19-14/h2,4-5,8,12,14-15H,3,6-7,9-10H2,1H3. The van der Waals surface area contributed by atoms with E-state index < -0.39 is 0 Å². The number of ketones is 1. The Bertz CT molecular complexity index is 460. The zero-order chi connectivity index (χ0) is 13.2. The van der Waals surface area contributed by atoms with Gasteiger partial charge < -0.3 is 4.74 Å². The van der Waals surface area contributed by atoms with Crippen LogP contribution in [0.2, 0.25) is 0 Å². The topological polar surface area (TPSA) is 26.3 Å². The molecule has 0 spiro atoms. The van der Waals surface area contributed by atoms with Gasteiger partial charge in [-0.2, -0.15) is 11.8 Å². The fourth-order valence-electron chi connectivity index (χ4n) is 3.29. The monoisotopic (exact) mass is 276 g/mol. The summed E-state index contributed by atoms with van der Waals surface area (Å²) < 4.78 is 5.21. The van der Waals surface area contributed by atoms with E-state index in [0.29, 0.717) is 16.3 Å². The third-order valence-electron chi connectivity index (χ3n) is 4.26. The van der Waals surface area contributed by atoms with Crippen molar-refractivity contribution in [1.29, 1.82) is 0 Å². The molecule has 19 heavy (non-hydrogen) atoms. The first kappa shape index (κ1) is 13.0. The maximum Gasteiger partial charge on any atom is 0.166 e. The SMILES string of the molecule is COc1cccc(C(=O)C2CC3CCCC(C2)S3)c1. The van der Waals surface area contributed by atoms with Crippen molar-refractivity contribution < 1.29 is 9.53 Å². The summed E-state index contributed by atoms with van der Waals surface area (Å²) in [6.45, 7) is 0. The fourth-order valence-corrected chi connectivity index (χ4v) is 5.12. The van der Waals surface area contributed by atoms with Crippen LogP contribution in [-0.4, -0.2) is 23.4 Å². The Morgan fingerprint density at radius 1 is 1.26 bits per heavy atom. The van der Waals surface area contributed by atoms with Crippen LogP contribution >= 0.6 is 11.8 Å². The van der Waals surface area contributed by atoms with Crippen LogP contribution in [-0.2, 0) is 0 Å². The van der Waals surface area contributed by atoms with Crippen molar-refractivity contribution >= 4 is 17.5 Å². The van der Waals surface area contributed by atoms with Crippen LogP contribution in [0.25, 0.3) is 0 Å². The molecule has 2 atom stereocenters. The quantitative estimate of drug-likeness (QED) is 0.782. The highest BCUT2D eigenvalue weighted by atomic mass is 32.2. The third-order valence-corrected chi connectivity index (χ3v) is 5.88. The predicted octanol–water partition coefficient (Wildman–Crippen LogP) is 3.94. The van der Waals surface area contributed by atoms with Gasteiger partial charge in [-0.15, -0.1) is 0 Å². The Labute approximate surface area is 118 Å². The molecule has 1 aromatic rings. The lowest BCUT2D eigenvalue weighted by Gasteiger charge is -2.37. The molecule has 3 rings (SSSR count). The van der Waals surface area contributed by atoms with E-state index in [1.165, 1.54) is 19.3 Å². The Hall–Kier alpha value is -0.960. The number of thioether (sulfide) groups is 1. The second kappa shape index (κ2) is 5.58. The predicted molar refractivity (Wildman–Crippen MR) is 79.1 cm³/mol. The van der Waals surface area contributed by atoms with Crippen LogP contribution in [0.1, 0.15) is 42.5 Å². The highest BCUT2D eigenvalue weighted by Crippen LogP contribution is 2.44. The van der Waals surface area contributed by atoms with Gasteiger partial charge in [-0.05, 0) is 37.8 Å². The van der Waals surface area contributed by atoms with E-state index in [9.17, 15) is 4.79 Å². The van der Waals surface area contributed by atoms with E-state index in [1.54, 1.807) is 7.11 Å². The normalized spacial score (nSPS) is 29.8. The minimum Gasteiger partial charge on any atom is -0.497 e. The molecule has 2 saturated heterocycles. The molecule has 0 saturated carbocycles. The highest BCUT2D eigenvalue weighted by molar-refractivity contribution is 8.00. The summed E-state index contributed by atoms with van der Waals surface area (Å²) in [5, 5.41) is 1.43. The minimum absolute atomic E-state index is 0.226. The van der Waals surface area contributed by atoms with Crippen LogP contribution in [0, 0.1) is 5.92 Å². The van der Waals surface area contributed by atoms with Gasteiger partial charge in [0.1, 0.15) is 5.75 Å². The summed E-state index contributed by atoms with van der Waals surface area (Å²) in [4.78, 5) is 12.6. The Morgan fingerprint density at radius 3 is 2.68 bits per heavy atom. The Balaban J connectivity index is 1.76. The van der Waals surface area contributed by atoms with E-state index in [0.717, 1.165) is 24.2 Å². The molecule has 1 aromatic carbocycles. The molecule has 2 heterocycles. The summed E-state index contributed by atoms with van der Waals surface area (Å²) in [7, 11) is 1.64. The van der Waals surface area contributed by atoms with Crippen molar-refractivity contribution in [3.05, 3.63) is 29.8 Å². The molecule has 0 radical (unpaired) electrons. The lowest BCUT2D eigenvalue weighted by molar-refractivity contribution is 0.0896. The van der Waals surface area contributed by atoms with Crippen molar-refractivity contribution in [3.8, 4) is 5.75 Å². The van der Waals surface area contributed by atoms with Gasteiger partial charge in [0.2, 0.25) is 0 Å². The number of carbonyl (C=O) groups is 1. The summed E-state index contributed by atoms with van der Waals surface area (Å²) in [5.74, 6) is 1.32. The van der Waals surface area contributed by atoms with Crippen molar-refractivity contribution in [2.45, 2.75) is 42.6 Å². The maximum absolute atomic E-state index is 12.6. The first-order chi connectivity index (χ1) is 9.26. The molecule has 102 valence electrons. The molecule has 0 aliphatic carbocycles. The van der Waals surface area contributed by atoms with Gasteiger partial charge in [-0.1, -0.05) is 18.6 Å². The molecule has 2 fully saturated rings. The number of carbonyl (C=O) groups excluding carboxylic acids is 1. The summed E-state index contributed by atoms with van der Waals surface area (Å²) in [6.07, 6.45) is 6.07. The second-order valence-corrected chi connectivity index (χ2v) is 7.18. The smallest absolute Gasteiger partial charge is 0.166 e. The summed E-state index contributed by atoms with van der Waals surface area (Å²) >= 11 is 2.12. The lowest BCUT2D eigenvalue weighted by atomic mass is 9.84. The van der Waals surface area contributed by atoms with Gasteiger partial charge in [-0.3, -0.25) is 4.79 Å². The fraction of sp³-hybridized carbons (Fsp3) is 0.562. The first-order valence-corrected chi connectivity index (χ1v) is 8.04. The van der Waals surface area contributed by atoms with Crippen LogP contribution in [0.3, 0.4) is 0 Å². The number of Topliss-reactive ketones (excluding diaryl/α,β-unsaturated/α-hetero) is 1. The van der Waals surface area contributed by atoms with Gasteiger partial charge in [0, 0.05) is 22.0 Å². The molecular weight excluding hydrogens is 256 g/mol. The number of benzene rings is 1. The second-order valence-electron chi connectivity index (χ2n) is 5.58. The Morgan fingerprint density at radius 2 is 2.00 bits per heavy atom. The number of hydrogen-bond acceptors (Lipinski definition) is 3. The van der Waals surface area contributed by atoms with Crippen LogP contribution in [0.15, 0.2) is 24.3 Å². The van der Waals surface area contributed by atoms with E-state index >= 15 is 0 Å². The molecule has 2 bridgehead atoms. The van der Waals surface area contributed by atoms with E-state index in [-0.39, 0.29) is 5.92 Å². The van der Waals surface area contributed by atoms with Gasteiger partial charge in [0.25, 0.3) is 0 Å². The highest BCUT2D eigenvalue weighted by Gasteiger charge is 2.35. The lowest BCUT2D eigenvalue weighted by Crippen LogP contribution is -2.32. The maximum atomic E-state index is 12.6. The van der Waals surface area contributed by atoms with E-state index in [1.807, 2.05) is 24.3 Å². The molecule has 3 heteroatoms. The van der Waals surface area contributed by atoms with Gasteiger partial charge in [0.15, 0.2) is 5.78 Å². The molecule has 0 amide bonds. The Kier molecular flexibility index (Phi) is 3.83. The summed E-state index contributed by atoms with van der Waals surface area (Å²) in [6, 6.07) is 7.59. The van der Waals surface area contributed by atoms with E-state index in [4.69, 9.17) is 4.74 Å². The third kappa shape index (κ3) is 2.81. The number of fused-ring (bicyclic) bond motifs is 2. The molecule has 2 aliphatic rings. The number of rotatable bonds is 3. The zero-order valence-corrected chi connectivity index (χ0v) is 12.1. The molecule has 0 aromatic heterocycles. The van der Waals surface area contributed by atoms with Crippen LogP contribution in [0.5, 0.6) is 5.75 Å². The average molecular weight is 276 g/mol. The number of hydrogen-bond donors (Lipinski definition) is 0. The molecular formula is C16H20O2S. The number of ether oxygens (including phenoxy) is 1. The van der Waals surface area contributed by atoms with E-state index in [2.05, 4.69) is 11.8 Å². The molecule has 2 aliphatic heterocycles. The van der Waals surface area contributed by atoms with Gasteiger partial charge in [-0.25, -0.2) is 0 Å². The van der Waals surface area contributed by atoms with Crippen LogP contribution < -0.4 is 4.74 Å². The zero-order valence-electron chi connectivity index (χ0n) is 11.3. The number of methoxy groups -OCH3 is 1. The minimum atomic E-state index is 0.226. The largest absolute Gasteiger partial charge is 0.497 e. The summed E-state index contributed by atoms with van der Waals surface area (Å²) in [5.41, 5.74) is 0.814. The van der Waals surface area contributed by atoms with Crippen molar-refractivity contribution in [2.24, 2.45) is 5.92 Å². The first-order valence-electron chi connectivity index (χ1n) is 7.10. The molecule has 2 nitrogen and oxygen atoms in total. The van der Waals surface area contributed by atoms with Crippen molar-refractivity contribution in [1.82, 2.24) is 0 Å². The average Bonchev–Trinajstić information content (AvgIpc) is 2.46. The van der Waals surface area contributed by atoms with Crippen molar-refractivity contribution in [3.63, 3.8) is 0 Å². The molecule has 2 unspecified atom stereocenters. The molecule has 0 N–H and O–H groups in total.